The van der Waals surface area contributed by atoms with E-state index < -0.39 is 41.1 Å². The second-order valence-corrected chi connectivity index (χ2v) is 16.6. The number of hydrogen-bond acceptors (Lipinski definition) is 12. The zero-order chi connectivity index (χ0) is 45.1. The lowest BCUT2D eigenvalue weighted by Gasteiger charge is -2.38. The maximum absolute atomic E-state index is 14.1. The van der Waals surface area contributed by atoms with Crippen molar-refractivity contribution in [3.05, 3.63) is 110 Å². The first kappa shape index (κ1) is 42.5. The van der Waals surface area contributed by atoms with Crippen LogP contribution in [-0.4, -0.2) is 72.6 Å². The monoisotopic (exact) mass is 856 g/mol. The number of benzene rings is 3. The molecule has 0 aliphatic carbocycles. The molecule has 8 rings (SSSR count). The van der Waals surface area contributed by atoms with Crippen LogP contribution in [0.5, 0.6) is 17.2 Å². The van der Waals surface area contributed by atoms with E-state index in [4.69, 9.17) is 25.6 Å². The van der Waals surface area contributed by atoms with Gasteiger partial charge in [0, 0.05) is 35.7 Å². The van der Waals surface area contributed by atoms with E-state index in [2.05, 4.69) is 0 Å². The van der Waals surface area contributed by atoms with E-state index in [1.165, 1.54) is 18.2 Å². The van der Waals surface area contributed by atoms with Gasteiger partial charge in [0.15, 0.2) is 0 Å². The Morgan fingerprint density at radius 1 is 0.984 bits per heavy atom. The highest BCUT2D eigenvalue weighted by molar-refractivity contribution is 6.22. The number of amidine groups is 1. The summed E-state index contributed by atoms with van der Waals surface area (Å²) in [6, 6.07) is 14.6. The predicted molar refractivity (Wildman–Crippen MR) is 232 cm³/mol. The van der Waals surface area contributed by atoms with Crippen molar-refractivity contribution in [2.24, 2.45) is 11.7 Å². The summed E-state index contributed by atoms with van der Waals surface area (Å²) in [5.41, 5.74) is 8.81. The third-order valence-electron chi connectivity index (χ3n) is 12.6. The normalized spacial score (nSPS) is 16.9. The topological polar surface area (TPSA) is 239 Å². The number of esters is 2. The summed E-state index contributed by atoms with van der Waals surface area (Å²) in [4.78, 5) is 75.3. The number of hydrogen-bond donors (Lipinski definition) is 5. The van der Waals surface area contributed by atoms with Gasteiger partial charge in [-0.15, -0.1) is 0 Å². The number of aryl methyl sites for hydroxylation is 1. The lowest BCUT2D eigenvalue weighted by molar-refractivity contribution is -0.192. The number of cyclic esters (lactones) is 1. The van der Waals surface area contributed by atoms with Crippen molar-refractivity contribution >= 4 is 46.3 Å². The number of nitrogens with two attached hydrogens (primary N) is 1. The summed E-state index contributed by atoms with van der Waals surface area (Å²) in [6.07, 6.45) is 1.20. The molecule has 0 spiro atoms. The summed E-state index contributed by atoms with van der Waals surface area (Å²) in [6.45, 7) is 7.85. The molecule has 1 unspecified atom stereocenters. The molecule has 16 nitrogen and oxygen atoms in total. The van der Waals surface area contributed by atoms with E-state index in [1.54, 1.807) is 52.8 Å². The second-order valence-electron chi connectivity index (χ2n) is 16.6. The molecule has 3 aliphatic heterocycles. The van der Waals surface area contributed by atoms with Gasteiger partial charge in [0.05, 0.1) is 52.6 Å². The minimum Gasteiger partial charge on any atom is -0.508 e. The Labute approximate surface area is 362 Å². The largest absolute Gasteiger partial charge is 0.508 e. The number of amides is 3. The van der Waals surface area contributed by atoms with E-state index in [0.29, 0.717) is 34.5 Å². The van der Waals surface area contributed by atoms with Crippen LogP contribution in [0.15, 0.2) is 65.5 Å². The zero-order valence-corrected chi connectivity index (χ0v) is 35.4. The van der Waals surface area contributed by atoms with Crippen LogP contribution >= 0.6 is 0 Å². The number of aromatic hydroxyl groups is 3. The molecule has 0 radical (unpaired) electrons. The lowest BCUT2D eigenvalue weighted by Crippen LogP contribution is -2.49. The van der Waals surface area contributed by atoms with Crippen molar-refractivity contribution in [1.82, 2.24) is 14.5 Å². The molecule has 1 fully saturated rings. The Bertz CT molecular complexity index is 2810. The van der Waals surface area contributed by atoms with E-state index in [9.17, 15) is 39.3 Å². The standard InChI is InChI=1S/C47H48N6O10/c1-5-29-31-18-28(54)11-12-36(31)50-41-33(29)22-52-37(41)20-35-34(43(52)58)23-62-45(60)47(35,6-2)63-44(59)26-13-15-51(16-14-26)40(57)17-25-7-9-27(10-8-25)53(46(49)61)42(48)32-19-30(24(3)4)38(55)21-39(32)56/h7-12,18-21,24,26,48,54-56H,5-6,13-17,22-23H2,1-4H3,(H2,49,61). The Morgan fingerprint density at radius 3 is 2.35 bits per heavy atom. The van der Waals surface area contributed by atoms with Crippen LogP contribution in [0.25, 0.3) is 22.3 Å². The third kappa shape index (κ3) is 7.28. The quantitative estimate of drug-likeness (QED) is 0.0659. The van der Waals surface area contributed by atoms with Crippen molar-refractivity contribution in [1.29, 1.82) is 5.41 Å². The maximum Gasteiger partial charge on any atom is 0.355 e. The molecule has 326 valence electrons. The molecule has 0 saturated carbocycles. The highest BCUT2D eigenvalue weighted by atomic mass is 16.6. The number of nitrogens with one attached hydrogen (secondary N) is 1. The molecule has 2 aromatic heterocycles. The average molecular weight is 857 g/mol. The number of aromatic nitrogens is 2. The Morgan fingerprint density at radius 2 is 1.70 bits per heavy atom. The van der Waals surface area contributed by atoms with Gasteiger partial charge in [-0.2, -0.15) is 0 Å². The number of phenolic OH excluding ortho intramolecular Hbond substituents is 3. The van der Waals surface area contributed by atoms with E-state index in [0.717, 1.165) is 27.5 Å². The molecule has 6 N–H and O–H groups in total. The predicted octanol–water partition coefficient (Wildman–Crippen LogP) is 5.83. The first-order chi connectivity index (χ1) is 30.1. The number of anilines is 1. The molecular weight excluding hydrogens is 809 g/mol. The molecule has 3 amide bonds. The van der Waals surface area contributed by atoms with Gasteiger partial charge in [0.1, 0.15) is 29.7 Å². The van der Waals surface area contributed by atoms with Gasteiger partial charge in [-0.25, -0.2) is 19.5 Å². The Balaban J connectivity index is 0.954. The zero-order valence-electron chi connectivity index (χ0n) is 35.4. The lowest BCUT2D eigenvalue weighted by atomic mass is 9.85. The molecule has 1 saturated heterocycles. The van der Waals surface area contributed by atoms with Gasteiger partial charge >= 0.3 is 18.0 Å². The number of primary amides is 1. The van der Waals surface area contributed by atoms with Crippen LogP contribution in [0, 0.1) is 11.3 Å². The Hall–Kier alpha value is -7.23. The fraction of sp³-hybridized carbons (Fsp3) is 0.340. The number of likely N-dealkylation sites (tertiary alicyclic amines) is 1. The molecule has 0 bridgehead atoms. The summed E-state index contributed by atoms with van der Waals surface area (Å²) in [5, 5.41) is 40.5. The van der Waals surface area contributed by atoms with E-state index in [1.807, 2.05) is 20.8 Å². The Kier molecular flexibility index (Phi) is 10.9. The number of urea groups is 1. The molecule has 1 atom stereocenters. The summed E-state index contributed by atoms with van der Waals surface area (Å²) in [5.74, 6) is -3.18. The maximum atomic E-state index is 14.1. The number of phenols is 3. The molecule has 5 aromatic rings. The van der Waals surface area contributed by atoms with E-state index >= 15 is 0 Å². The highest BCUT2D eigenvalue weighted by Crippen LogP contribution is 2.43. The summed E-state index contributed by atoms with van der Waals surface area (Å²) < 4.78 is 13.3. The first-order valence-corrected chi connectivity index (χ1v) is 21.0. The number of pyridine rings is 2. The van der Waals surface area contributed by atoms with Crippen molar-refractivity contribution in [3.8, 4) is 28.6 Å². The van der Waals surface area contributed by atoms with Gasteiger partial charge < -0.3 is 40.0 Å². The number of rotatable bonds is 9. The highest BCUT2D eigenvalue weighted by Gasteiger charge is 2.51. The number of piperidine rings is 1. The summed E-state index contributed by atoms with van der Waals surface area (Å²) >= 11 is 0. The van der Waals surface area contributed by atoms with Crippen LogP contribution in [0.1, 0.15) is 91.8 Å². The fourth-order valence-electron chi connectivity index (χ4n) is 9.11. The third-order valence-corrected chi connectivity index (χ3v) is 12.6. The molecular formula is C47H48N6O10. The number of nitrogens with zero attached hydrogens (tertiary/aromatic N) is 4. The van der Waals surface area contributed by atoms with Crippen LogP contribution in [0.4, 0.5) is 10.5 Å². The van der Waals surface area contributed by atoms with Crippen molar-refractivity contribution < 1.29 is 44.0 Å². The van der Waals surface area contributed by atoms with Crippen LogP contribution in [0.3, 0.4) is 0 Å². The van der Waals surface area contributed by atoms with Gasteiger partial charge in [0.2, 0.25) is 11.5 Å². The van der Waals surface area contributed by atoms with Crippen LogP contribution in [0.2, 0.25) is 0 Å². The SMILES string of the molecule is CCc1c2c(nc3ccc(O)cc13)-c1cc3c(c(=O)n1C2)COC(=O)C3(CC)OC(=O)C1CCN(C(=O)Cc2ccc(N(C(=N)c3cc(C(C)C)c(O)cc3O)C(N)=O)cc2)CC1. The van der Waals surface area contributed by atoms with E-state index in [-0.39, 0.29) is 103 Å². The number of fused-ring (bicyclic) bond motifs is 5. The van der Waals surface area contributed by atoms with Crippen LogP contribution < -0.4 is 16.2 Å². The number of ether oxygens (including phenoxy) is 2. The van der Waals surface area contributed by atoms with Gasteiger partial charge in [-0.05, 0) is 90.8 Å². The van der Waals surface area contributed by atoms with Crippen molar-refractivity contribution in [2.45, 2.75) is 84.5 Å². The molecule has 3 aliphatic rings. The minimum absolute atomic E-state index is 0.000732. The molecule has 16 heteroatoms. The first-order valence-electron chi connectivity index (χ1n) is 21.0. The second kappa shape index (κ2) is 16.2. The molecule has 3 aromatic carbocycles. The van der Waals surface area contributed by atoms with Crippen molar-refractivity contribution in [2.75, 3.05) is 18.0 Å². The number of carbonyl (C=O) groups excluding carboxylic acids is 4. The fourth-order valence-corrected chi connectivity index (χ4v) is 9.11. The number of carbonyl (C=O) groups is 4. The molecule has 5 heterocycles. The van der Waals surface area contributed by atoms with Gasteiger partial charge in [0.25, 0.3) is 5.56 Å². The minimum atomic E-state index is -1.87. The van der Waals surface area contributed by atoms with Gasteiger partial charge in [-0.3, -0.25) is 19.8 Å². The van der Waals surface area contributed by atoms with Crippen molar-refractivity contribution in [3.63, 3.8) is 0 Å². The van der Waals surface area contributed by atoms with Gasteiger partial charge in [-0.1, -0.05) is 39.8 Å². The van der Waals surface area contributed by atoms with Crippen LogP contribution in [-0.2, 0) is 55.5 Å². The summed E-state index contributed by atoms with van der Waals surface area (Å²) in [7, 11) is 0. The smallest absolute Gasteiger partial charge is 0.355 e. The molecule has 63 heavy (non-hydrogen) atoms. The average Bonchev–Trinajstić information content (AvgIpc) is 3.62.